The van der Waals surface area contributed by atoms with Gasteiger partial charge in [-0.05, 0) is 31.6 Å². The Hall–Kier alpha value is -0.610. The zero-order chi connectivity index (χ0) is 15.9. The molecule has 0 spiro atoms. The Morgan fingerprint density at radius 2 is 1.77 bits per heavy atom. The number of carbonyl (C=O) groups is 1. The van der Waals surface area contributed by atoms with E-state index in [1.807, 2.05) is 0 Å². The number of carbonyl (C=O) groups excluding carboxylic acids is 1. The minimum Gasteiger partial charge on any atom is -0.391 e. The predicted molar refractivity (Wildman–Crippen MR) is 89.7 cm³/mol. The van der Waals surface area contributed by atoms with Gasteiger partial charge in [0.2, 0.25) is 5.91 Å². The lowest BCUT2D eigenvalue weighted by atomic mass is 9.89. The average molecular weight is 310 g/mol. The summed E-state index contributed by atoms with van der Waals surface area (Å²) in [5.74, 6) is 0.752. The molecule has 2 aliphatic rings. The van der Waals surface area contributed by atoms with E-state index in [1.165, 1.54) is 12.8 Å². The van der Waals surface area contributed by atoms with Gasteiger partial charge < -0.3 is 10.4 Å². The molecule has 2 N–H and O–H groups in total. The number of nitrogens with one attached hydrogen (secondary N) is 1. The van der Waals surface area contributed by atoms with Gasteiger partial charge in [-0.3, -0.25) is 9.69 Å². The molecule has 1 saturated carbocycles. The molecular formula is C18H34N2O2. The van der Waals surface area contributed by atoms with Crippen LogP contribution in [0.5, 0.6) is 0 Å². The fourth-order valence-electron chi connectivity index (χ4n) is 4.02. The van der Waals surface area contributed by atoms with Crippen LogP contribution < -0.4 is 5.32 Å². The standard InChI is InChI=1S/C18H34N2O2/c1-3-14(4-2)13-18(22)19-15-9-11-20(12-10-15)16-7-5-6-8-17(16)21/h14-17,21H,3-13H2,1-2H3,(H,19,22). The van der Waals surface area contributed by atoms with E-state index < -0.39 is 0 Å². The highest BCUT2D eigenvalue weighted by Gasteiger charge is 2.31. The summed E-state index contributed by atoms with van der Waals surface area (Å²) >= 11 is 0. The Morgan fingerprint density at radius 3 is 2.36 bits per heavy atom. The molecule has 1 aliphatic heterocycles. The fraction of sp³-hybridized carbons (Fsp3) is 0.944. The van der Waals surface area contributed by atoms with Crippen molar-refractivity contribution in [2.24, 2.45) is 5.92 Å². The molecule has 2 atom stereocenters. The van der Waals surface area contributed by atoms with Crippen LogP contribution in [0.3, 0.4) is 0 Å². The number of likely N-dealkylation sites (tertiary alicyclic amines) is 1. The van der Waals surface area contributed by atoms with Crippen molar-refractivity contribution in [1.29, 1.82) is 0 Å². The summed E-state index contributed by atoms with van der Waals surface area (Å²) in [6.45, 7) is 6.35. The van der Waals surface area contributed by atoms with E-state index in [4.69, 9.17) is 0 Å². The molecule has 128 valence electrons. The Balaban J connectivity index is 1.71. The van der Waals surface area contributed by atoms with Gasteiger partial charge in [0.25, 0.3) is 0 Å². The third-order valence-electron chi connectivity index (χ3n) is 5.69. The van der Waals surface area contributed by atoms with Crippen LogP contribution in [-0.4, -0.2) is 47.2 Å². The highest BCUT2D eigenvalue weighted by Crippen LogP contribution is 2.26. The highest BCUT2D eigenvalue weighted by atomic mass is 16.3. The molecule has 1 amide bonds. The topological polar surface area (TPSA) is 52.6 Å². The Morgan fingerprint density at radius 1 is 1.14 bits per heavy atom. The van der Waals surface area contributed by atoms with Crippen LogP contribution in [0.4, 0.5) is 0 Å². The Labute approximate surface area is 135 Å². The molecule has 0 aromatic heterocycles. The van der Waals surface area contributed by atoms with Crippen molar-refractivity contribution in [2.75, 3.05) is 13.1 Å². The summed E-state index contributed by atoms with van der Waals surface area (Å²) in [4.78, 5) is 14.6. The van der Waals surface area contributed by atoms with E-state index in [9.17, 15) is 9.90 Å². The third-order valence-corrected chi connectivity index (χ3v) is 5.69. The van der Waals surface area contributed by atoms with Crippen LogP contribution in [0.15, 0.2) is 0 Å². The molecule has 0 aromatic carbocycles. The van der Waals surface area contributed by atoms with E-state index in [1.54, 1.807) is 0 Å². The largest absolute Gasteiger partial charge is 0.391 e. The number of hydrogen-bond acceptors (Lipinski definition) is 3. The molecule has 4 heteroatoms. The van der Waals surface area contributed by atoms with Crippen molar-refractivity contribution < 1.29 is 9.90 Å². The highest BCUT2D eigenvalue weighted by molar-refractivity contribution is 5.76. The summed E-state index contributed by atoms with van der Waals surface area (Å²) in [7, 11) is 0. The van der Waals surface area contributed by atoms with Gasteiger partial charge in [-0.2, -0.15) is 0 Å². The van der Waals surface area contributed by atoms with Crippen molar-refractivity contribution in [1.82, 2.24) is 10.2 Å². The van der Waals surface area contributed by atoms with E-state index >= 15 is 0 Å². The molecular weight excluding hydrogens is 276 g/mol. The monoisotopic (exact) mass is 310 g/mol. The maximum absolute atomic E-state index is 12.1. The van der Waals surface area contributed by atoms with E-state index in [0.29, 0.717) is 24.4 Å². The second kappa shape index (κ2) is 8.88. The summed E-state index contributed by atoms with van der Waals surface area (Å²) in [6, 6.07) is 0.689. The lowest BCUT2D eigenvalue weighted by Crippen LogP contribution is -2.52. The normalized spacial score (nSPS) is 28.0. The zero-order valence-electron chi connectivity index (χ0n) is 14.4. The minimum atomic E-state index is -0.144. The first-order chi connectivity index (χ1) is 10.6. The Kier molecular flexibility index (Phi) is 7.16. The van der Waals surface area contributed by atoms with Gasteiger partial charge in [-0.1, -0.05) is 39.5 Å². The number of amides is 1. The first-order valence-corrected chi connectivity index (χ1v) is 9.35. The van der Waals surface area contributed by atoms with Gasteiger partial charge in [0.05, 0.1) is 6.10 Å². The number of hydrogen-bond donors (Lipinski definition) is 2. The van der Waals surface area contributed by atoms with Crippen molar-refractivity contribution >= 4 is 5.91 Å². The van der Waals surface area contributed by atoms with E-state index in [0.717, 1.165) is 51.6 Å². The van der Waals surface area contributed by atoms with Gasteiger partial charge in [0.1, 0.15) is 0 Å². The van der Waals surface area contributed by atoms with Gasteiger partial charge in [-0.15, -0.1) is 0 Å². The molecule has 1 heterocycles. The molecule has 1 saturated heterocycles. The molecule has 0 radical (unpaired) electrons. The lowest BCUT2D eigenvalue weighted by Gasteiger charge is -2.41. The van der Waals surface area contributed by atoms with Crippen LogP contribution in [-0.2, 0) is 4.79 Å². The molecule has 2 fully saturated rings. The molecule has 4 nitrogen and oxygen atoms in total. The lowest BCUT2D eigenvalue weighted by molar-refractivity contribution is -0.123. The summed E-state index contributed by atoms with van der Waals surface area (Å²) in [5, 5.41) is 13.4. The smallest absolute Gasteiger partial charge is 0.220 e. The third kappa shape index (κ3) is 4.95. The second-order valence-electron chi connectivity index (χ2n) is 7.18. The SMILES string of the molecule is CCC(CC)CC(=O)NC1CCN(C2CCCCC2O)CC1. The van der Waals surface area contributed by atoms with Crippen LogP contribution in [0.25, 0.3) is 0 Å². The molecule has 1 aliphatic carbocycles. The first kappa shape index (κ1) is 17.7. The molecule has 2 unspecified atom stereocenters. The first-order valence-electron chi connectivity index (χ1n) is 9.35. The summed E-state index contributed by atoms with van der Waals surface area (Å²) in [6.07, 6.45) is 9.25. The Bertz CT molecular complexity index is 336. The molecule has 22 heavy (non-hydrogen) atoms. The number of aliphatic hydroxyl groups is 1. The van der Waals surface area contributed by atoms with Crippen molar-refractivity contribution in [3.05, 3.63) is 0 Å². The predicted octanol–water partition coefficient (Wildman–Crippen LogP) is 2.70. The van der Waals surface area contributed by atoms with Gasteiger partial charge >= 0.3 is 0 Å². The quantitative estimate of drug-likeness (QED) is 0.793. The van der Waals surface area contributed by atoms with E-state index in [2.05, 4.69) is 24.1 Å². The number of nitrogens with zero attached hydrogens (tertiary/aromatic N) is 1. The summed E-state index contributed by atoms with van der Waals surface area (Å²) in [5.41, 5.74) is 0. The van der Waals surface area contributed by atoms with E-state index in [-0.39, 0.29) is 12.0 Å². The molecule has 2 rings (SSSR count). The average Bonchev–Trinajstić information content (AvgIpc) is 2.54. The van der Waals surface area contributed by atoms with Crippen LogP contribution in [0.2, 0.25) is 0 Å². The summed E-state index contributed by atoms with van der Waals surface area (Å²) < 4.78 is 0. The van der Waals surface area contributed by atoms with Crippen LogP contribution in [0.1, 0.15) is 71.6 Å². The van der Waals surface area contributed by atoms with Crippen molar-refractivity contribution in [3.63, 3.8) is 0 Å². The number of piperidine rings is 1. The maximum atomic E-state index is 12.1. The fourth-order valence-corrected chi connectivity index (χ4v) is 4.02. The zero-order valence-corrected chi connectivity index (χ0v) is 14.4. The van der Waals surface area contributed by atoms with Gasteiger partial charge in [0.15, 0.2) is 0 Å². The van der Waals surface area contributed by atoms with Crippen molar-refractivity contribution in [2.45, 2.75) is 89.8 Å². The van der Waals surface area contributed by atoms with Gasteiger partial charge in [-0.25, -0.2) is 0 Å². The number of aliphatic hydroxyl groups excluding tert-OH is 1. The second-order valence-corrected chi connectivity index (χ2v) is 7.18. The molecule has 0 bridgehead atoms. The van der Waals surface area contributed by atoms with Crippen LogP contribution >= 0.6 is 0 Å². The van der Waals surface area contributed by atoms with Gasteiger partial charge in [0, 0.05) is 31.6 Å². The number of rotatable bonds is 6. The van der Waals surface area contributed by atoms with Crippen LogP contribution in [0, 0.1) is 5.92 Å². The minimum absolute atomic E-state index is 0.144. The maximum Gasteiger partial charge on any atom is 0.220 e. The van der Waals surface area contributed by atoms with Crippen molar-refractivity contribution in [3.8, 4) is 0 Å². The molecule has 0 aromatic rings.